The van der Waals surface area contributed by atoms with Crippen LogP contribution in [0.1, 0.15) is 40.1 Å². The number of thioether (sulfide) groups is 1. The van der Waals surface area contributed by atoms with Crippen LogP contribution < -0.4 is 9.77 Å². The summed E-state index contributed by atoms with van der Waals surface area (Å²) in [4.78, 5) is 61.5. The van der Waals surface area contributed by atoms with Gasteiger partial charge in [-0.3, -0.25) is 24.3 Å². The summed E-state index contributed by atoms with van der Waals surface area (Å²) in [5.41, 5.74) is 1.91. The number of nitrogens with zero attached hydrogens (tertiary/aromatic N) is 2. The highest BCUT2D eigenvalue weighted by atomic mass is 32.2. The fourth-order valence-electron chi connectivity index (χ4n) is 7.17. The maximum Gasteiger partial charge on any atom is 0.338 e. The predicted octanol–water partition coefficient (Wildman–Crippen LogP) is 3.69. The van der Waals surface area contributed by atoms with Crippen molar-refractivity contribution in [3.63, 3.8) is 0 Å². The number of anilines is 1. The van der Waals surface area contributed by atoms with E-state index in [0.717, 1.165) is 21.9 Å². The predicted molar refractivity (Wildman–Crippen MR) is 138 cm³/mol. The Morgan fingerprint density at radius 3 is 2.57 bits per heavy atom. The van der Waals surface area contributed by atoms with Crippen molar-refractivity contribution >= 4 is 46.6 Å². The van der Waals surface area contributed by atoms with Gasteiger partial charge in [0.15, 0.2) is 0 Å². The molecule has 1 aromatic carbocycles. The summed E-state index contributed by atoms with van der Waals surface area (Å²) in [5.74, 6) is -1.28. The van der Waals surface area contributed by atoms with Gasteiger partial charge in [0.25, 0.3) is 0 Å². The standard InChI is InChI=1S/C27H23N3O5S2/c1-2-35-26(33)12-5-7-14(8-6-12)30-24(31)19-15-10-16(20(19)25(30)32)21-18(15)17(13-4-3-9-28-11-13)22-23(36-21)29-27(34)37-22/h3-9,11,15-21H,2,10H2,1H3,(H,29,34)/t15-,16-,17+,18+,19+,20+,21-/m1/s1. The average Bonchev–Trinajstić information content (AvgIpc) is 3.63. The summed E-state index contributed by atoms with van der Waals surface area (Å²) in [6.45, 7) is 2.02. The molecule has 2 saturated carbocycles. The smallest absolute Gasteiger partial charge is 0.338 e. The van der Waals surface area contributed by atoms with E-state index in [1.807, 2.05) is 18.3 Å². The molecular weight excluding hydrogens is 510 g/mol. The number of carbonyl (C=O) groups excluding carboxylic acids is 3. The van der Waals surface area contributed by atoms with Crippen molar-refractivity contribution in [2.45, 2.75) is 29.5 Å². The molecule has 4 heterocycles. The zero-order valence-electron chi connectivity index (χ0n) is 19.8. The summed E-state index contributed by atoms with van der Waals surface area (Å²) in [6.07, 6.45) is 4.43. The molecule has 0 spiro atoms. The number of thiazole rings is 1. The molecule has 1 N–H and O–H groups in total. The number of carbonyl (C=O) groups is 3. The Kier molecular flexibility index (Phi) is 5.20. The van der Waals surface area contributed by atoms with E-state index in [-0.39, 0.29) is 64.1 Å². The third-order valence-electron chi connectivity index (χ3n) is 8.40. The summed E-state index contributed by atoms with van der Waals surface area (Å²) >= 11 is 2.91. The summed E-state index contributed by atoms with van der Waals surface area (Å²) in [6, 6.07) is 10.4. The fourth-order valence-corrected chi connectivity index (χ4v) is 10.1. The van der Waals surface area contributed by atoms with Gasteiger partial charge in [0.2, 0.25) is 11.8 Å². The normalized spacial score (nSPS) is 31.3. The van der Waals surface area contributed by atoms with E-state index in [4.69, 9.17) is 4.74 Å². The van der Waals surface area contributed by atoms with E-state index in [1.54, 1.807) is 49.1 Å². The molecule has 0 radical (unpaired) electrons. The number of benzene rings is 1. The number of hydrogen-bond acceptors (Lipinski definition) is 8. The number of amides is 2. The molecule has 2 aliphatic heterocycles. The maximum atomic E-state index is 13.8. The van der Waals surface area contributed by atoms with Gasteiger partial charge < -0.3 is 9.72 Å². The quantitative estimate of drug-likeness (QED) is 0.402. The summed E-state index contributed by atoms with van der Waals surface area (Å²) < 4.78 is 5.05. The second-order valence-corrected chi connectivity index (χ2v) is 12.2. The van der Waals surface area contributed by atoms with E-state index in [9.17, 15) is 19.2 Å². The SMILES string of the molecule is CCOC(=O)c1ccc(N2C(=O)[C@H]3[C@H]4C[C@@H]([C@@H]3C2=O)[C@H]2[C@H](c3cccnc3)c3sc(=O)[nH]c3S[C@H]42)cc1. The monoisotopic (exact) mass is 533 g/mol. The molecule has 10 heteroatoms. The molecule has 0 unspecified atom stereocenters. The van der Waals surface area contributed by atoms with Crippen molar-refractivity contribution in [3.8, 4) is 0 Å². The number of hydrogen-bond donors (Lipinski definition) is 1. The van der Waals surface area contributed by atoms with E-state index in [1.165, 1.54) is 16.2 Å². The third-order valence-corrected chi connectivity index (χ3v) is 11.0. The first kappa shape index (κ1) is 22.9. The van der Waals surface area contributed by atoms with Crippen molar-refractivity contribution < 1.29 is 19.1 Å². The Balaban J connectivity index is 1.25. The Morgan fingerprint density at radius 2 is 1.86 bits per heavy atom. The highest BCUT2D eigenvalue weighted by Gasteiger charge is 2.69. The van der Waals surface area contributed by atoms with Crippen LogP contribution in [-0.4, -0.2) is 39.6 Å². The van der Waals surface area contributed by atoms with Crippen LogP contribution in [0.5, 0.6) is 0 Å². The van der Waals surface area contributed by atoms with Gasteiger partial charge in [-0.15, -0.1) is 11.8 Å². The molecule has 8 nitrogen and oxygen atoms in total. The molecule has 4 aliphatic rings. The molecule has 2 aliphatic carbocycles. The Hall–Kier alpha value is -3.24. The van der Waals surface area contributed by atoms with Crippen LogP contribution in [0.4, 0.5) is 5.69 Å². The summed E-state index contributed by atoms with van der Waals surface area (Å²) in [7, 11) is 0. The van der Waals surface area contributed by atoms with Crippen LogP contribution in [0.25, 0.3) is 0 Å². The maximum absolute atomic E-state index is 13.8. The first-order chi connectivity index (χ1) is 18.0. The Labute approximate surface area is 220 Å². The van der Waals surface area contributed by atoms with Gasteiger partial charge >= 0.3 is 10.8 Å². The number of aromatic nitrogens is 2. The molecule has 2 amide bonds. The van der Waals surface area contributed by atoms with Crippen molar-refractivity contribution in [2.24, 2.45) is 29.6 Å². The van der Waals surface area contributed by atoms with E-state index in [2.05, 4.69) is 9.97 Å². The highest BCUT2D eigenvalue weighted by molar-refractivity contribution is 8.00. The zero-order chi connectivity index (χ0) is 25.4. The van der Waals surface area contributed by atoms with Crippen LogP contribution in [0, 0.1) is 29.6 Å². The van der Waals surface area contributed by atoms with Crippen molar-refractivity contribution in [1.82, 2.24) is 9.97 Å². The Bertz CT molecular complexity index is 1480. The fraction of sp³-hybridized carbons (Fsp3) is 0.370. The highest BCUT2D eigenvalue weighted by Crippen LogP contribution is 2.68. The topological polar surface area (TPSA) is 109 Å². The van der Waals surface area contributed by atoms with Crippen LogP contribution in [0.2, 0.25) is 0 Å². The van der Waals surface area contributed by atoms with Crippen molar-refractivity contribution in [2.75, 3.05) is 11.5 Å². The lowest BCUT2D eigenvalue weighted by atomic mass is 9.68. The second-order valence-electron chi connectivity index (χ2n) is 10.0. The van der Waals surface area contributed by atoms with Gasteiger partial charge in [-0.25, -0.2) is 4.79 Å². The molecule has 7 rings (SSSR count). The minimum atomic E-state index is -0.434. The van der Waals surface area contributed by atoms with Gasteiger partial charge in [0.05, 0.1) is 34.7 Å². The molecular formula is C27H23N3O5S2. The number of aromatic amines is 1. The minimum Gasteiger partial charge on any atom is -0.462 e. The molecule has 2 aromatic heterocycles. The molecule has 2 bridgehead atoms. The molecule has 3 fully saturated rings. The third kappa shape index (κ3) is 3.24. The number of rotatable bonds is 4. The van der Waals surface area contributed by atoms with Crippen LogP contribution >= 0.6 is 23.1 Å². The first-order valence-corrected chi connectivity index (χ1v) is 14.1. The second kappa shape index (κ2) is 8.39. The number of H-pyrrole nitrogens is 1. The molecule has 3 aromatic rings. The lowest BCUT2D eigenvalue weighted by molar-refractivity contribution is -0.123. The van der Waals surface area contributed by atoms with Crippen LogP contribution in [0.15, 0.2) is 58.6 Å². The Morgan fingerprint density at radius 1 is 1.11 bits per heavy atom. The molecule has 188 valence electrons. The lowest BCUT2D eigenvalue weighted by Crippen LogP contribution is -2.42. The van der Waals surface area contributed by atoms with Gasteiger partial charge in [-0.1, -0.05) is 17.4 Å². The molecule has 7 atom stereocenters. The number of pyridine rings is 1. The molecule has 1 saturated heterocycles. The lowest BCUT2D eigenvalue weighted by Gasteiger charge is -2.42. The van der Waals surface area contributed by atoms with Crippen LogP contribution in [0.3, 0.4) is 0 Å². The first-order valence-electron chi connectivity index (χ1n) is 12.4. The minimum absolute atomic E-state index is 0.0318. The van der Waals surface area contributed by atoms with Crippen LogP contribution in [-0.2, 0) is 14.3 Å². The molecule has 37 heavy (non-hydrogen) atoms. The zero-order valence-corrected chi connectivity index (χ0v) is 21.5. The van der Waals surface area contributed by atoms with E-state index < -0.39 is 5.97 Å². The summed E-state index contributed by atoms with van der Waals surface area (Å²) in [5, 5.41) is 1.02. The average molecular weight is 534 g/mol. The van der Waals surface area contributed by atoms with Gasteiger partial charge in [0, 0.05) is 28.4 Å². The largest absolute Gasteiger partial charge is 0.462 e. The van der Waals surface area contributed by atoms with Crippen molar-refractivity contribution in [1.29, 1.82) is 0 Å². The van der Waals surface area contributed by atoms with Gasteiger partial charge in [-0.05, 0) is 67.0 Å². The van der Waals surface area contributed by atoms with E-state index in [0.29, 0.717) is 11.3 Å². The van der Waals surface area contributed by atoms with E-state index >= 15 is 0 Å². The number of esters is 1. The van der Waals surface area contributed by atoms with Gasteiger partial charge in [0.1, 0.15) is 0 Å². The van der Waals surface area contributed by atoms with Gasteiger partial charge in [-0.2, -0.15) is 0 Å². The number of nitrogens with one attached hydrogen (secondary N) is 1. The number of fused-ring (bicyclic) bond motifs is 9. The number of imide groups is 1. The van der Waals surface area contributed by atoms with Crippen molar-refractivity contribution in [3.05, 3.63) is 74.5 Å². The number of ether oxygens (including phenoxy) is 1.